The van der Waals surface area contributed by atoms with Crippen LogP contribution >= 0.6 is 15.9 Å². The second-order valence-electron chi connectivity index (χ2n) is 3.73. The highest BCUT2D eigenvalue weighted by Gasteiger charge is 2.11. The Kier molecular flexibility index (Phi) is 5.29. The van der Waals surface area contributed by atoms with E-state index >= 15 is 0 Å². The lowest BCUT2D eigenvalue weighted by Crippen LogP contribution is -2.22. The first-order valence-corrected chi connectivity index (χ1v) is 6.06. The summed E-state index contributed by atoms with van der Waals surface area (Å²) >= 11 is 3.52. The van der Waals surface area contributed by atoms with Crippen molar-refractivity contribution in [1.29, 1.82) is 0 Å². The monoisotopic (exact) mass is 270 g/mol. The smallest absolute Gasteiger partial charge is 0.0332 e. The maximum atomic E-state index is 3.52. The fraction of sp³-hybridized carbons (Fsp3) is 0.500. The molecule has 15 heavy (non-hydrogen) atoms. The maximum Gasteiger partial charge on any atom is 0.0332 e. The van der Waals surface area contributed by atoms with Crippen molar-refractivity contribution in [2.24, 2.45) is 0 Å². The molecule has 1 aromatic carbocycles. The third-order valence-electron chi connectivity index (χ3n) is 2.65. The summed E-state index contributed by atoms with van der Waals surface area (Å²) in [5, 5.41) is 6.54. The van der Waals surface area contributed by atoms with Crippen LogP contribution in [0.15, 0.2) is 22.7 Å². The van der Waals surface area contributed by atoms with E-state index in [-0.39, 0.29) is 0 Å². The molecule has 0 bridgehead atoms. The Morgan fingerprint density at radius 2 is 2.07 bits per heavy atom. The maximum absolute atomic E-state index is 3.52. The number of benzene rings is 1. The van der Waals surface area contributed by atoms with Crippen LogP contribution in [0.5, 0.6) is 0 Å². The van der Waals surface area contributed by atoms with Crippen LogP contribution in [0.25, 0.3) is 0 Å². The SMILES string of the molecule is CNCCC(NC)c1cc(Br)ccc1C. The second-order valence-corrected chi connectivity index (χ2v) is 4.65. The van der Waals surface area contributed by atoms with Crippen molar-refractivity contribution < 1.29 is 0 Å². The summed E-state index contributed by atoms with van der Waals surface area (Å²) in [4.78, 5) is 0. The van der Waals surface area contributed by atoms with E-state index in [0.717, 1.165) is 17.4 Å². The van der Waals surface area contributed by atoms with E-state index in [1.54, 1.807) is 0 Å². The summed E-state index contributed by atoms with van der Waals surface area (Å²) in [6, 6.07) is 6.87. The van der Waals surface area contributed by atoms with Gasteiger partial charge in [0, 0.05) is 10.5 Å². The molecular formula is C12H19BrN2. The van der Waals surface area contributed by atoms with E-state index in [1.165, 1.54) is 11.1 Å². The molecule has 0 heterocycles. The molecule has 1 rings (SSSR count). The van der Waals surface area contributed by atoms with Crippen LogP contribution in [0.2, 0.25) is 0 Å². The molecule has 1 unspecified atom stereocenters. The number of aryl methyl sites for hydroxylation is 1. The first-order chi connectivity index (χ1) is 7.19. The molecule has 2 nitrogen and oxygen atoms in total. The van der Waals surface area contributed by atoms with Gasteiger partial charge in [-0.25, -0.2) is 0 Å². The average molecular weight is 271 g/mol. The largest absolute Gasteiger partial charge is 0.320 e. The Balaban J connectivity index is 2.85. The van der Waals surface area contributed by atoms with Crippen molar-refractivity contribution in [3.05, 3.63) is 33.8 Å². The fourth-order valence-corrected chi connectivity index (χ4v) is 2.11. The third-order valence-corrected chi connectivity index (χ3v) is 3.14. The first kappa shape index (κ1) is 12.7. The lowest BCUT2D eigenvalue weighted by molar-refractivity contribution is 0.531. The highest BCUT2D eigenvalue weighted by Crippen LogP contribution is 2.23. The normalized spacial score (nSPS) is 12.8. The Bertz CT molecular complexity index is 312. The molecule has 0 radical (unpaired) electrons. The van der Waals surface area contributed by atoms with Gasteiger partial charge in [0.2, 0.25) is 0 Å². The Hall–Kier alpha value is -0.380. The van der Waals surface area contributed by atoms with Gasteiger partial charge in [0.25, 0.3) is 0 Å². The van der Waals surface area contributed by atoms with Gasteiger partial charge < -0.3 is 10.6 Å². The molecule has 1 atom stereocenters. The summed E-state index contributed by atoms with van der Waals surface area (Å²) in [6.07, 6.45) is 1.10. The molecule has 0 fully saturated rings. The van der Waals surface area contributed by atoms with Gasteiger partial charge in [0.1, 0.15) is 0 Å². The molecule has 0 aromatic heterocycles. The zero-order chi connectivity index (χ0) is 11.3. The summed E-state index contributed by atoms with van der Waals surface area (Å²) in [7, 11) is 4.00. The zero-order valence-corrected chi connectivity index (χ0v) is 11.2. The average Bonchev–Trinajstić information content (AvgIpc) is 2.24. The number of nitrogens with one attached hydrogen (secondary N) is 2. The Labute approximate surface area is 101 Å². The molecule has 84 valence electrons. The van der Waals surface area contributed by atoms with Gasteiger partial charge in [-0.2, -0.15) is 0 Å². The minimum Gasteiger partial charge on any atom is -0.320 e. The van der Waals surface area contributed by atoms with Crippen molar-refractivity contribution in [3.63, 3.8) is 0 Å². The van der Waals surface area contributed by atoms with Crippen molar-refractivity contribution in [2.75, 3.05) is 20.6 Å². The number of hydrogen-bond acceptors (Lipinski definition) is 2. The van der Waals surface area contributed by atoms with E-state index < -0.39 is 0 Å². The summed E-state index contributed by atoms with van der Waals surface area (Å²) < 4.78 is 1.15. The molecular weight excluding hydrogens is 252 g/mol. The summed E-state index contributed by atoms with van der Waals surface area (Å²) in [5.41, 5.74) is 2.72. The van der Waals surface area contributed by atoms with Crippen LogP contribution < -0.4 is 10.6 Å². The molecule has 3 heteroatoms. The summed E-state index contributed by atoms with van der Waals surface area (Å²) in [5.74, 6) is 0. The van der Waals surface area contributed by atoms with E-state index in [4.69, 9.17) is 0 Å². The summed E-state index contributed by atoms with van der Waals surface area (Å²) in [6.45, 7) is 3.18. The lowest BCUT2D eigenvalue weighted by atomic mass is 9.99. The van der Waals surface area contributed by atoms with Crippen LogP contribution in [0.4, 0.5) is 0 Å². The predicted octanol–water partition coefficient (Wildman–Crippen LogP) is 2.63. The Morgan fingerprint density at radius 3 is 2.67 bits per heavy atom. The third kappa shape index (κ3) is 3.59. The van der Waals surface area contributed by atoms with Gasteiger partial charge in [-0.05, 0) is 57.2 Å². The Morgan fingerprint density at radius 1 is 1.33 bits per heavy atom. The van der Waals surface area contributed by atoms with Crippen LogP contribution in [0, 0.1) is 6.92 Å². The van der Waals surface area contributed by atoms with Gasteiger partial charge in [0.15, 0.2) is 0 Å². The molecule has 0 saturated carbocycles. The van der Waals surface area contributed by atoms with Crippen LogP contribution in [-0.2, 0) is 0 Å². The lowest BCUT2D eigenvalue weighted by Gasteiger charge is -2.19. The number of halogens is 1. The van der Waals surface area contributed by atoms with Crippen LogP contribution in [-0.4, -0.2) is 20.6 Å². The van der Waals surface area contributed by atoms with Gasteiger partial charge in [0.05, 0.1) is 0 Å². The molecule has 0 spiro atoms. The van der Waals surface area contributed by atoms with Crippen LogP contribution in [0.1, 0.15) is 23.6 Å². The van der Waals surface area contributed by atoms with Crippen molar-refractivity contribution in [2.45, 2.75) is 19.4 Å². The van der Waals surface area contributed by atoms with Gasteiger partial charge >= 0.3 is 0 Å². The molecule has 2 N–H and O–H groups in total. The molecule has 0 aliphatic heterocycles. The van der Waals surface area contributed by atoms with E-state index in [0.29, 0.717) is 6.04 Å². The second kappa shape index (κ2) is 6.26. The zero-order valence-electron chi connectivity index (χ0n) is 9.60. The van der Waals surface area contributed by atoms with Crippen molar-refractivity contribution >= 4 is 15.9 Å². The topological polar surface area (TPSA) is 24.1 Å². The quantitative estimate of drug-likeness (QED) is 0.860. The fourth-order valence-electron chi connectivity index (χ4n) is 1.73. The molecule has 0 saturated heterocycles. The minimum atomic E-state index is 0.426. The van der Waals surface area contributed by atoms with E-state index in [1.807, 2.05) is 14.1 Å². The van der Waals surface area contributed by atoms with E-state index in [2.05, 4.69) is 51.7 Å². The van der Waals surface area contributed by atoms with Gasteiger partial charge in [-0.15, -0.1) is 0 Å². The van der Waals surface area contributed by atoms with E-state index in [9.17, 15) is 0 Å². The molecule has 0 aliphatic rings. The highest BCUT2D eigenvalue weighted by molar-refractivity contribution is 9.10. The molecule has 0 aliphatic carbocycles. The van der Waals surface area contributed by atoms with Gasteiger partial charge in [-0.1, -0.05) is 22.0 Å². The van der Waals surface area contributed by atoms with Crippen molar-refractivity contribution in [3.8, 4) is 0 Å². The first-order valence-electron chi connectivity index (χ1n) is 5.27. The number of rotatable bonds is 5. The highest BCUT2D eigenvalue weighted by atomic mass is 79.9. The predicted molar refractivity (Wildman–Crippen MR) is 69.2 cm³/mol. The van der Waals surface area contributed by atoms with Crippen LogP contribution in [0.3, 0.4) is 0 Å². The van der Waals surface area contributed by atoms with Gasteiger partial charge in [-0.3, -0.25) is 0 Å². The molecule has 0 amide bonds. The number of hydrogen-bond donors (Lipinski definition) is 2. The van der Waals surface area contributed by atoms with Crippen molar-refractivity contribution in [1.82, 2.24) is 10.6 Å². The molecule has 1 aromatic rings. The minimum absolute atomic E-state index is 0.426. The standard InChI is InChI=1S/C12H19BrN2/c1-9-4-5-10(13)8-11(9)12(15-3)6-7-14-2/h4-5,8,12,14-15H,6-7H2,1-3H3.